The van der Waals surface area contributed by atoms with E-state index in [0.29, 0.717) is 17.2 Å². The van der Waals surface area contributed by atoms with Crippen LogP contribution in [-0.2, 0) is 0 Å². The van der Waals surface area contributed by atoms with Crippen LogP contribution in [0.5, 0.6) is 0 Å². The second-order valence-electron chi connectivity index (χ2n) is 4.43. The standard InChI is InChI=1S/C14H8FN5OS/c15-9-3-1-4-10(7-9)20-8-11(17-19-20)14-16-13(18-21-14)12-5-2-6-22-12/h1-8H. The molecule has 0 N–H and O–H groups in total. The van der Waals surface area contributed by atoms with Crippen LogP contribution in [0.25, 0.3) is 28.0 Å². The van der Waals surface area contributed by atoms with E-state index in [4.69, 9.17) is 4.52 Å². The minimum Gasteiger partial charge on any atom is -0.332 e. The molecule has 0 saturated heterocycles. The molecule has 0 aliphatic heterocycles. The Labute approximate surface area is 127 Å². The SMILES string of the molecule is Fc1cccc(-n2cc(-c3nc(-c4cccs4)no3)nn2)c1. The summed E-state index contributed by atoms with van der Waals surface area (Å²) in [5.74, 6) is 0.434. The van der Waals surface area contributed by atoms with Gasteiger partial charge in [-0.05, 0) is 29.6 Å². The first-order valence-electron chi connectivity index (χ1n) is 6.36. The predicted octanol–water partition coefficient (Wildman–Crippen LogP) is 3.18. The first-order chi connectivity index (χ1) is 10.8. The Bertz CT molecular complexity index is 915. The van der Waals surface area contributed by atoms with E-state index in [1.165, 1.54) is 28.2 Å². The van der Waals surface area contributed by atoms with Crippen LogP contribution in [0.1, 0.15) is 0 Å². The molecule has 0 atom stereocenters. The summed E-state index contributed by atoms with van der Waals surface area (Å²) in [7, 11) is 0. The van der Waals surface area contributed by atoms with Crippen LogP contribution in [-0.4, -0.2) is 25.1 Å². The van der Waals surface area contributed by atoms with Crippen LogP contribution < -0.4 is 0 Å². The molecule has 0 aliphatic rings. The lowest BCUT2D eigenvalue weighted by atomic mass is 10.3. The molecule has 22 heavy (non-hydrogen) atoms. The Hall–Kier alpha value is -2.87. The normalized spacial score (nSPS) is 11.0. The van der Waals surface area contributed by atoms with Crippen molar-refractivity contribution in [1.82, 2.24) is 25.1 Å². The first-order valence-corrected chi connectivity index (χ1v) is 7.24. The van der Waals surface area contributed by atoms with Crippen molar-refractivity contribution in [3.8, 4) is 28.0 Å². The van der Waals surface area contributed by atoms with Gasteiger partial charge < -0.3 is 4.52 Å². The number of benzene rings is 1. The van der Waals surface area contributed by atoms with Gasteiger partial charge in [0.2, 0.25) is 5.82 Å². The van der Waals surface area contributed by atoms with Gasteiger partial charge in [0.15, 0.2) is 5.69 Å². The summed E-state index contributed by atoms with van der Waals surface area (Å²) in [6.07, 6.45) is 1.61. The maximum Gasteiger partial charge on any atom is 0.280 e. The number of rotatable bonds is 3. The van der Waals surface area contributed by atoms with Gasteiger partial charge in [-0.2, -0.15) is 4.98 Å². The molecule has 3 heterocycles. The number of hydrogen-bond donors (Lipinski definition) is 0. The van der Waals surface area contributed by atoms with E-state index in [1.54, 1.807) is 18.3 Å². The van der Waals surface area contributed by atoms with Crippen LogP contribution >= 0.6 is 11.3 Å². The van der Waals surface area contributed by atoms with Crippen molar-refractivity contribution >= 4 is 11.3 Å². The zero-order chi connectivity index (χ0) is 14.9. The van der Waals surface area contributed by atoms with E-state index in [1.807, 2.05) is 17.5 Å². The molecule has 4 aromatic rings. The van der Waals surface area contributed by atoms with Crippen molar-refractivity contribution in [2.75, 3.05) is 0 Å². The molecule has 0 bridgehead atoms. The highest BCUT2D eigenvalue weighted by Gasteiger charge is 2.15. The van der Waals surface area contributed by atoms with E-state index >= 15 is 0 Å². The van der Waals surface area contributed by atoms with Crippen molar-refractivity contribution in [2.24, 2.45) is 0 Å². The number of halogens is 1. The molecule has 0 unspecified atom stereocenters. The summed E-state index contributed by atoms with van der Waals surface area (Å²) >= 11 is 1.52. The van der Waals surface area contributed by atoms with E-state index in [9.17, 15) is 4.39 Å². The van der Waals surface area contributed by atoms with Gasteiger partial charge >= 0.3 is 0 Å². The minimum absolute atomic E-state index is 0.269. The van der Waals surface area contributed by atoms with Crippen molar-refractivity contribution in [2.45, 2.75) is 0 Å². The van der Waals surface area contributed by atoms with Crippen LogP contribution in [0.2, 0.25) is 0 Å². The van der Waals surface area contributed by atoms with Crippen molar-refractivity contribution in [3.63, 3.8) is 0 Å². The molecule has 0 spiro atoms. The summed E-state index contributed by atoms with van der Waals surface area (Å²) in [5, 5.41) is 13.8. The third kappa shape index (κ3) is 2.29. The second-order valence-corrected chi connectivity index (χ2v) is 5.38. The summed E-state index contributed by atoms with van der Waals surface area (Å²) in [6, 6.07) is 9.88. The van der Waals surface area contributed by atoms with Gasteiger partial charge in [-0.25, -0.2) is 9.07 Å². The van der Waals surface area contributed by atoms with Crippen molar-refractivity contribution in [3.05, 3.63) is 53.8 Å². The highest BCUT2D eigenvalue weighted by atomic mass is 32.1. The van der Waals surface area contributed by atoms with E-state index in [2.05, 4.69) is 20.5 Å². The third-order valence-electron chi connectivity index (χ3n) is 2.95. The van der Waals surface area contributed by atoms with E-state index in [-0.39, 0.29) is 11.7 Å². The molecule has 1 aromatic carbocycles. The maximum atomic E-state index is 13.2. The highest BCUT2D eigenvalue weighted by Crippen LogP contribution is 2.24. The van der Waals surface area contributed by atoms with Gasteiger partial charge in [0.1, 0.15) is 5.82 Å². The summed E-state index contributed by atoms with van der Waals surface area (Å²) in [4.78, 5) is 5.20. The fourth-order valence-electron chi connectivity index (χ4n) is 1.94. The fourth-order valence-corrected chi connectivity index (χ4v) is 2.59. The van der Waals surface area contributed by atoms with E-state index < -0.39 is 0 Å². The van der Waals surface area contributed by atoms with Crippen LogP contribution in [0.3, 0.4) is 0 Å². The molecular formula is C14H8FN5OS. The second kappa shape index (κ2) is 5.15. The van der Waals surface area contributed by atoms with Gasteiger partial charge in [0, 0.05) is 0 Å². The molecule has 0 radical (unpaired) electrons. The Kier molecular flexibility index (Phi) is 3.01. The van der Waals surface area contributed by atoms with Gasteiger partial charge in [-0.1, -0.05) is 22.5 Å². The lowest BCUT2D eigenvalue weighted by Crippen LogP contribution is -1.94. The average Bonchev–Trinajstić information content (AvgIpc) is 3.27. The summed E-state index contributed by atoms with van der Waals surface area (Å²) in [5.41, 5.74) is 0.997. The van der Waals surface area contributed by atoms with Gasteiger partial charge in [-0.15, -0.1) is 16.4 Å². The smallest absolute Gasteiger partial charge is 0.280 e. The number of thiophene rings is 1. The molecule has 0 fully saturated rings. The Balaban J connectivity index is 1.67. The Morgan fingerprint density at radius 3 is 2.95 bits per heavy atom. The largest absolute Gasteiger partial charge is 0.332 e. The lowest BCUT2D eigenvalue weighted by Gasteiger charge is -1.98. The minimum atomic E-state index is -0.340. The first kappa shape index (κ1) is 12.8. The third-order valence-corrected chi connectivity index (χ3v) is 3.82. The van der Waals surface area contributed by atoms with Crippen LogP contribution in [0.4, 0.5) is 4.39 Å². The Morgan fingerprint density at radius 2 is 2.14 bits per heavy atom. The molecule has 6 nitrogen and oxygen atoms in total. The van der Waals surface area contributed by atoms with Crippen LogP contribution in [0, 0.1) is 5.82 Å². The zero-order valence-corrected chi connectivity index (χ0v) is 11.9. The number of aromatic nitrogens is 5. The van der Waals surface area contributed by atoms with E-state index in [0.717, 1.165) is 4.88 Å². The van der Waals surface area contributed by atoms with Crippen molar-refractivity contribution < 1.29 is 8.91 Å². The molecule has 108 valence electrons. The topological polar surface area (TPSA) is 69.6 Å². The molecule has 0 aliphatic carbocycles. The predicted molar refractivity (Wildman–Crippen MR) is 77.9 cm³/mol. The maximum absolute atomic E-state index is 13.2. The molecular weight excluding hydrogens is 305 g/mol. The monoisotopic (exact) mass is 313 g/mol. The molecule has 3 aromatic heterocycles. The lowest BCUT2D eigenvalue weighted by molar-refractivity contribution is 0.431. The molecule has 8 heteroatoms. The quantitative estimate of drug-likeness (QED) is 0.581. The van der Waals surface area contributed by atoms with Gasteiger partial charge in [-0.3, -0.25) is 0 Å². The molecule has 4 rings (SSSR count). The van der Waals surface area contributed by atoms with Gasteiger partial charge in [0.25, 0.3) is 5.89 Å². The van der Waals surface area contributed by atoms with Crippen molar-refractivity contribution in [1.29, 1.82) is 0 Å². The number of nitrogens with zero attached hydrogens (tertiary/aromatic N) is 5. The zero-order valence-electron chi connectivity index (χ0n) is 11.0. The molecule has 0 amide bonds. The Morgan fingerprint density at radius 1 is 1.18 bits per heavy atom. The number of hydrogen-bond acceptors (Lipinski definition) is 6. The van der Waals surface area contributed by atoms with Gasteiger partial charge in [0.05, 0.1) is 16.8 Å². The summed E-state index contributed by atoms with van der Waals surface area (Å²) in [6.45, 7) is 0. The summed E-state index contributed by atoms with van der Waals surface area (Å²) < 4.78 is 19.9. The highest BCUT2D eigenvalue weighted by molar-refractivity contribution is 7.13. The fraction of sp³-hybridized carbons (Fsp3) is 0. The molecule has 0 saturated carbocycles. The average molecular weight is 313 g/mol. The van der Waals surface area contributed by atoms with Crippen LogP contribution in [0.15, 0.2) is 52.5 Å².